The molecule has 0 fully saturated rings. The summed E-state index contributed by atoms with van der Waals surface area (Å²) in [6, 6.07) is 16.5. The van der Waals surface area contributed by atoms with E-state index in [9.17, 15) is 4.79 Å². The van der Waals surface area contributed by atoms with Crippen LogP contribution in [0.3, 0.4) is 0 Å². The highest BCUT2D eigenvalue weighted by Crippen LogP contribution is 2.06. The van der Waals surface area contributed by atoms with E-state index >= 15 is 0 Å². The molecule has 1 amide bonds. The first kappa shape index (κ1) is 13.3. The van der Waals surface area contributed by atoms with Gasteiger partial charge in [-0.3, -0.25) is 4.79 Å². The Hall–Kier alpha value is -2.13. The van der Waals surface area contributed by atoms with Gasteiger partial charge in [0.2, 0.25) is 0 Å². The van der Waals surface area contributed by atoms with Crippen LogP contribution in [0.4, 0.5) is 0 Å². The average Bonchev–Trinajstić information content (AvgIpc) is 2.46. The van der Waals surface area contributed by atoms with E-state index in [-0.39, 0.29) is 5.91 Å². The molecule has 0 saturated heterocycles. The number of hydrogen-bond acceptors (Lipinski definition) is 2. The van der Waals surface area contributed by atoms with Gasteiger partial charge in [-0.1, -0.05) is 48.0 Å². The molecular weight excluding hydrogens is 260 g/mol. The van der Waals surface area contributed by atoms with E-state index in [1.54, 1.807) is 24.3 Å². The zero-order valence-corrected chi connectivity index (χ0v) is 11.2. The van der Waals surface area contributed by atoms with Crippen LogP contribution in [-0.4, -0.2) is 11.7 Å². The van der Waals surface area contributed by atoms with Gasteiger partial charge >= 0.3 is 0 Å². The zero-order chi connectivity index (χ0) is 13.7. The van der Waals surface area contributed by atoms with Crippen molar-refractivity contribution in [3.05, 3.63) is 71.3 Å². The lowest BCUT2D eigenvalue weighted by molar-refractivity contribution is 0.0977. The smallest absolute Gasteiger partial charge is 0.256 e. The number of rotatable bonds is 2. The number of benzene rings is 2. The Labute approximate surface area is 117 Å². The van der Waals surface area contributed by atoms with Crippen molar-refractivity contribution in [2.45, 2.75) is 6.92 Å². The molecule has 0 saturated carbocycles. The quantitative estimate of drug-likeness (QED) is 0.661. The summed E-state index contributed by atoms with van der Waals surface area (Å²) >= 11 is 5.55. The van der Waals surface area contributed by atoms with Crippen LogP contribution in [0.1, 0.15) is 21.5 Å². The predicted molar refractivity (Wildman–Crippen MR) is 77.5 cm³/mol. The van der Waals surface area contributed by atoms with Gasteiger partial charge in [-0.15, -0.1) is 0 Å². The molecular formula is C15H13ClN2O. The van der Waals surface area contributed by atoms with E-state index in [4.69, 9.17) is 11.8 Å². The zero-order valence-electron chi connectivity index (χ0n) is 10.4. The van der Waals surface area contributed by atoms with Gasteiger partial charge in [-0.2, -0.15) is 4.51 Å². The molecule has 2 aromatic carbocycles. The molecule has 0 unspecified atom stereocenters. The predicted octanol–water partition coefficient (Wildman–Crippen LogP) is 3.33. The van der Waals surface area contributed by atoms with Crippen molar-refractivity contribution >= 4 is 23.5 Å². The summed E-state index contributed by atoms with van der Waals surface area (Å²) in [6.45, 7) is 1.99. The number of amides is 1. The van der Waals surface area contributed by atoms with Crippen molar-refractivity contribution in [1.82, 2.24) is 5.32 Å². The monoisotopic (exact) mass is 272 g/mol. The van der Waals surface area contributed by atoms with Crippen molar-refractivity contribution in [1.29, 1.82) is 0 Å². The first-order valence-corrected chi connectivity index (χ1v) is 6.17. The second-order valence-electron chi connectivity index (χ2n) is 4.12. The van der Waals surface area contributed by atoms with Gasteiger partial charge in [0.1, 0.15) is 0 Å². The number of aryl methyl sites for hydroxylation is 1. The highest BCUT2D eigenvalue weighted by molar-refractivity contribution is 6.25. The topological polar surface area (TPSA) is 41.5 Å². The molecule has 0 aliphatic heterocycles. The fourth-order valence-electron chi connectivity index (χ4n) is 1.62. The van der Waals surface area contributed by atoms with Crippen LogP contribution in [0.25, 0.3) is 0 Å². The Morgan fingerprint density at radius 3 is 2.21 bits per heavy atom. The lowest BCUT2D eigenvalue weighted by Crippen LogP contribution is -2.30. The van der Waals surface area contributed by atoms with Gasteiger partial charge in [0.25, 0.3) is 5.91 Å². The summed E-state index contributed by atoms with van der Waals surface area (Å²) in [4.78, 5) is 12.0. The molecule has 1 N–H and O–H groups in total. The van der Waals surface area contributed by atoms with Crippen molar-refractivity contribution in [3.8, 4) is 0 Å². The third kappa shape index (κ3) is 3.42. The van der Waals surface area contributed by atoms with Gasteiger partial charge in [-0.25, -0.2) is 0 Å². The van der Waals surface area contributed by atoms with E-state index < -0.39 is 0 Å². The third-order valence-corrected chi connectivity index (χ3v) is 2.85. The van der Waals surface area contributed by atoms with Crippen molar-refractivity contribution in [3.63, 3.8) is 0 Å². The molecule has 4 heteroatoms. The molecule has 0 aromatic heterocycles. The Morgan fingerprint density at radius 2 is 1.63 bits per heavy atom. The molecule has 2 rings (SSSR count). The fraction of sp³-hybridized carbons (Fsp3) is 0.0667. The van der Waals surface area contributed by atoms with E-state index in [2.05, 4.69) is 9.83 Å². The van der Waals surface area contributed by atoms with Crippen LogP contribution in [-0.2, 0) is 0 Å². The molecule has 0 aliphatic carbocycles. The number of carbonyl (C=O) groups excluding carboxylic acids is 1. The van der Waals surface area contributed by atoms with Crippen molar-refractivity contribution in [2.75, 3.05) is 0 Å². The van der Waals surface area contributed by atoms with Crippen LogP contribution >= 0.6 is 11.8 Å². The summed E-state index contributed by atoms with van der Waals surface area (Å²) in [6.07, 6.45) is 0. The number of nitrogens with zero attached hydrogens (tertiary/aromatic N) is 1. The molecule has 0 heterocycles. The number of amidine groups is 1. The SMILES string of the molecule is Cc1ccc(C(=NCl)NC(=O)c2ccccc2)cc1. The summed E-state index contributed by atoms with van der Waals surface area (Å²) in [7, 11) is 0. The minimum atomic E-state index is -0.236. The van der Waals surface area contributed by atoms with Gasteiger partial charge in [0, 0.05) is 22.9 Å². The molecule has 19 heavy (non-hydrogen) atoms. The normalized spacial score (nSPS) is 11.2. The minimum absolute atomic E-state index is 0.236. The van der Waals surface area contributed by atoms with E-state index in [0.29, 0.717) is 11.4 Å². The Morgan fingerprint density at radius 1 is 1.00 bits per heavy atom. The number of carbonyl (C=O) groups is 1. The second-order valence-corrected chi connectivity index (χ2v) is 4.29. The minimum Gasteiger partial charge on any atom is -0.305 e. The second kappa shape index (κ2) is 6.16. The summed E-state index contributed by atoms with van der Waals surface area (Å²) in [5.41, 5.74) is 2.46. The van der Waals surface area contributed by atoms with Crippen LogP contribution in [0.2, 0.25) is 0 Å². The van der Waals surface area contributed by atoms with Crippen LogP contribution < -0.4 is 5.32 Å². The third-order valence-electron chi connectivity index (χ3n) is 2.68. The molecule has 0 aliphatic rings. The number of nitrogens with one attached hydrogen (secondary N) is 1. The molecule has 0 bridgehead atoms. The van der Waals surface area contributed by atoms with Gasteiger partial charge < -0.3 is 5.32 Å². The van der Waals surface area contributed by atoms with E-state index in [0.717, 1.165) is 11.1 Å². The maximum Gasteiger partial charge on any atom is 0.256 e. The largest absolute Gasteiger partial charge is 0.305 e. The maximum absolute atomic E-state index is 12.0. The fourth-order valence-corrected chi connectivity index (χ4v) is 1.76. The Bertz CT molecular complexity index is 591. The van der Waals surface area contributed by atoms with Crippen LogP contribution in [0.5, 0.6) is 0 Å². The average molecular weight is 273 g/mol. The molecule has 0 radical (unpaired) electrons. The first-order valence-electron chi connectivity index (χ1n) is 5.83. The summed E-state index contributed by atoms with van der Waals surface area (Å²) in [5.74, 6) is 0.107. The number of hydrogen-bond donors (Lipinski definition) is 1. The van der Waals surface area contributed by atoms with Gasteiger partial charge in [0.05, 0.1) is 0 Å². The first-order chi connectivity index (χ1) is 9.20. The highest BCUT2D eigenvalue weighted by atomic mass is 35.5. The van der Waals surface area contributed by atoms with Crippen LogP contribution in [0.15, 0.2) is 59.1 Å². The Balaban J connectivity index is 2.17. The lowest BCUT2D eigenvalue weighted by atomic mass is 10.1. The standard InChI is InChI=1S/C15H13ClN2O/c1-11-7-9-12(10-8-11)14(18-16)17-15(19)13-5-3-2-4-6-13/h2-10H,1H3,(H,17,18,19). The van der Waals surface area contributed by atoms with Gasteiger partial charge in [-0.05, 0) is 19.1 Å². The molecule has 96 valence electrons. The molecule has 0 atom stereocenters. The molecule has 2 aromatic rings. The molecule has 0 spiro atoms. The summed E-state index contributed by atoms with van der Waals surface area (Å²) < 4.78 is 3.61. The van der Waals surface area contributed by atoms with Gasteiger partial charge in [0.15, 0.2) is 5.84 Å². The summed E-state index contributed by atoms with van der Waals surface area (Å²) in [5, 5.41) is 2.70. The highest BCUT2D eigenvalue weighted by Gasteiger charge is 2.10. The maximum atomic E-state index is 12.0. The molecule has 3 nitrogen and oxygen atoms in total. The van der Waals surface area contributed by atoms with E-state index in [1.165, 1.54) is 0 Å². The lowest BCUT2D eigenvalue weighted by Gasteiger charge is -2.07. The number of halogens is 1. The van der Waals surface area contributed by atoms with Crippen LogP contribution in [0, 0.1) is 6.92 Å². The Kier molecular flexibility index (Phi) is 4.31. The van der Waals surface area contributed by atoms with E-state index in [1.807, 2.05) is 37.3 Å². The van der Waals surface area contributed by atoms with Crippen molar-refractivity contribution in [2.24, 2.45) is 4.51 Å². The van der Waals surface area contributed by atoms with Crippen molar-refractivity contribution < 1.29 is 4.79 Å².